The van der Waals surface area contributed by atoms with Crippen LogP contribution in [-0.4, -0.2) is 40.7 Å². The Kier molecular flexibility index (Phi) is 7.66. The number of benzene rings is 2. The van der Waals surface area contributed by atoms with E-state index in [1.165, 1.54) is 0 Å². The van der Waals surface area contributed by atoms with Crippen LogP contribution in [0.2, 0.25) is 5.02 Å². The van der Waals surface area contributed by atoms with E-state index in [1.54, 1.807) is 7.11 Å². The highest BCUT2D eigenvalue weighted by Crippen LogP contribution is 2.32. The number of halogens is 1. The maximum atomic E-state index is 11.7. The van der Waals surface area contributed by atoms with Crippen molar-refractivity contribution in [1.29, 1.82) is 0 Å². The van der Waals surface area contributed by atoms with E-state index < -0.39 is 12.0 Å². The maximum absolute atomic E-state index is 11.7. The molecular formula is C28H29ClN2O3. The summed E-state index contributed by atoms with van der Waals surface area (Å²) in [7, 11) is 1.63. The number of carboxylic acids is 1. The summed E-state index contributed by atoms with van der Waals surface area (Å²) in [5.74, 6) is -0.0774. The molecule has 5 nitrogen and oxygen atoms in total. The minimum atomic E-state index is -0.773. The largest absolute Gasteiger partial charge is 0.496 e. The van der Waals surface area contributed by atoms with Gasteiger partial charge in [0.2, 0.25) is 0 Å². The van der Waals surface area contributed by atoms with E-state index in [0.29, 0.717) is 23.7 Å². The Morgan fingerprint density at radius 1 is 1.21 bits per heavy atom. The molecule has 1 aliphatic rings. The topological polar surface area (TPSA) is 62.7 Å². The number of aliphatic carboxylic acids is 1. The molecule has 0 unspecified atom stereocenters. The second-order valence-electron chi connectivity index (χ2n) is 8.57. The number of rotatable bonds is 7. The zero-order valence-electron chi connectivity index (χ0n) is 19.5. The number of carbonyl (C=O) groups is 1. The average molecular weight is 477 g/mol. The number of carboxylic acid groups (broad SMARTS) is 1. The second-order valence-corrected chi connectivity index (χ2v) is 8.98. The third kappa shape index (κ3) is 5.32. The molecule has 0 aliphatic carbocycles. The fourth-order valence-electron chi connectivity index (χ4n) is 4.55. The Hall–Kier alpha value is -3.15. The minimum absolute atomic E-state index is 0.470. The first-order chi connectivity index (χ1) is 16.5. The van der Waals surface area contributed by atoms with Gasteiger partial charge in [-0.15, -0.1) is 0 Å². The van der Waals surface area contributed by atoms with Gasteiger partial charge in [0.1, 0.15) is 11.8 Å². The number of aromatic nitrogens is 1. The molecule has 1 aliphatic heterocycles. The Bertz CT molecular complexity index is 1190. The van der Waals surface area contributed by atoms with Crippen LogP contribution in [-0.2, 0) is 11.3 Å². The van der Waals surface area contributed by atoms with Gasteiger partial charge in [-0.05, 0) is 72.8 Å². The molecule has 6 heteroatoms. The van der Waals surface area contributed by atoms with Gasteiger partial charge >= 0.3 is 5.97 Å². The molecule has 1 fully saturated rings. The highest BCUT2D eigenvalue weighted by molar-refractivity contribution is 6.32. The Morgan fingerprint density at radius 3 is 2.74 bits per heavy atom. The summed E-state index contributed by atoms with van der Waals surface area (Å²) in [6, 6.07) is 15.6. The lowest BCUT2D eigenvalue weighted by molar-refractivity contribution is -0.144. The summed E-state index contributed by atoms with van der Waals surface area (Å²) in [4.78, 5) is 18.2. The molecule has 176 valence electrons. The molecule has 1 atom stereocenters. The third-order valence-electron chi connectivity index (χ3n) is 6.42. The molecule has 0 bridgehead atoms. The predicted molar refractivity (Wildman–Crippen MR) is 137 cm³/mol. The van der Waals surface area contributed by atoms with E-state index in [9.17, 15) is 9.90 Å². The zero-order chi connectivity index (χ0) is 24.1. The average Bonchev–Trinajstić information content (AvgIpc) is 2.85. The van der Waals surface area contributed by atoms with Crippen LogP contribution in [0.4, 0.5) is 0 Å². The third-order valence-corrected chi connectivity index (χ3v) is 6.75. The highest BCUT2D eigenvalue weighted by atomic mass is 35.5. The summed E-state index contributed by atoms with van der Waals surface area (Å²) in [5, 5.41) is 10.2. The van der Waals surface area contributed by atoms with Crippen molar-refractivity contribution in [2.75, 3.05) is 13.7 Å². The summed E-state index contributed by atoms with van der Waals surface area (Å²) < 4.78 is 5.65. The van der Waals surface area contributed by atoms with Crippen molar-refractivity contribution in [3.63, 3.8) is 0 Å². The first-order valence-corrected chi connectivity index (χ1v) is 11.9. The number of methoxy groups -OCH3 is 1. The molecule has 3 aromatic rings. The predicted octanol–water partition coefficient (Wildman–Crippen LogP) is 6.33. The van der Waals surface area contributed by atoms with Crippen molar-refractivity contribution in [1.82, 2.24) is 9.88 Å². The van der Waals surface area contributed by atoms with Crippen molar-refractivity contribution >= 4 is 29.7 Å². The first-order valence-electron chi connectivity index (χ1n) is 11.5. The normalized spacial score (nSPS) is 16.6. The summed E-state index contributed by atoms with van der Waals surface area (Å²) in [5.41, 5.74) is 5.97. The van der Waals surface area contributed by atoms with Crippen LogP contribution >= 0.6 is 11.6 Å². The molecule has 1 N–H and O–H groups in total. The van der Waals surface area contributed by atoms with Gasteiger partial charge in [0.25, 0.3) is 0 Å². The van der Waals surface area contributed by atoms with Gasteiger partial charge in [-0.1, -0.05) is 54.4 Å². The molecule has 0 spiro atoms. The van der Waals surface area contributed by atoms with E-state index in [-0.39, 0.29) is 0 Å². The van der Waals surface area contributed by atoms with Gasteiger partial charge in [-0.25, -0.2) is 0 Å². The number of hydrogen-bond acceptors (Lipinski definition) is 4. The quantitative estimate of drug-likeness (QED) is 0.431. The first kappa shape index (κ1) is 24.0. The van der Waals surface area contributed by atoms with Crippen LogP contribution in [0.1, 0.15) is 41.6 Å². The zero-order valence-corrected chi connectivity index (χ0v) is 20.3. The van der Waals surface area contributed by atoms with Crippen molar-refractivity contribution in [3.05, 3.63) is 82.1 Å². The van der Waals surface area contributed by atoms with E-state index in [2.05, 4.69) is 24.0 Å². The Labute approximate surface area is 205 Å². The molecule has 2 aromatic carbocycles. The number of ether oxygens (including phenoxy) is 1. The van der Waals surface area contributed by atoms with Gasteiger partial charge in [0, 0.05) is 23.3 Å². The van der Waals surface area contributed by atoms with Crippen LogP contribution in [0.25, 0.3) is 23.3 Å². The molecule has 0 amide bonds. The van der Waals surface area contributed by atoms with Crippen LogP contribution in [0.5, 0.6) is 5.75 Å². The van der Waals surface area contributed by atoms with Crippen LogP contribution in [0, 0.1) is 6.92 Å². The fraction of sp³-hybridized carbons (Fsp3) is 0.286. The number of pyridine rings is 1. The molecule has 34 heavy (non-hydrogen) atoms. The van der Waals surface area contributed by atoms with Gasteiger partial charge < -0.3 is 9.84 Å². The Balaban J connectivity index is 1.60. The van der Waals surface area contributed by atoms with Crippen LogP contribution < -0.4 is 4.74 Å². The summed E-state index contributed by atoms with van der Waals surface area (Å²) in [6.07, 6.45) is 8.33. The molecular weight excluding hydrogens is 448 g/mol. The van der Waals surface area contributed by atoms with Crippen molar-refractivity contribution in [2.45, 2.75) is 38.8 Å². The highest BCUT2D eigenvalue weighted by Gasteiger charge is 2.29. The van der Waals surface area contributed by atoms with E-state index in [1.807, 2.05) is 59.6 Å². The molecule has 1 saturated heterocycles. The van der Waals surface area contributed by atoms with Crippen LogP contribution in [0.15, 0.2) is 54.7 Å². The minimum Gasteiger partial charge on any atom is -0.496 e. The lowest BCUT2D eigenvalue weighted by atomic mass is 9.99. The molecule has 2 heterocycles. The van der Waals surface area contributed by atoms with E-state index >= 15 is 0 Å². The molecule has 0 radical (unpaired) electrons. The standard InChI is InChI=1S/C28H29ClN2O3/c1-19-23(20-8-4-3-5-9-20)13-14-30-25(19)12-11-21-17-27(34-2)22(16-24(21)29)18-31-15-7-6-10-26(31)28(32)33/h3-5,8-9,11-14,16-17,26H,6-7,10,15,18H2,1-2H3,(H,32,33)/b12-11+/t26-/m0/s1. The van der Waals surface area contributed by atoms with Gasteiger partial charge in [-0.3, -0.25) is 14.7 Å². The van der Waals surface area contributed by atoms with Gasteiger partial charge in [-0.2, -0.15) is 0 Å². The van der Waals surface area contributed by atoms with Crippen LogP contribution in [0.3, 0.4) is 0 Å². The maximum Gasteiger partial charge on any atom is 0.320 e. The number of piperidine rings is 1. The van der Waals surface area contributed by atoms with Crippen molar-refractivity contribution < 1.29 is 14.6 Å². The lowest BCUT2D eigenvalue weighted by Crippen LogP contribution is -2.44. The fourth-order valence-corrected chi connectivity index (χ4v) is 4.80. The van der Waals surface area contributed by atoms with Crippen molar-refractivity contribution in [3.8, 4) is 16.9 Å². The van der Waals surface area contributed by atoms with E-state index in [4.69, 9.17) is 16.3 Å². The summed E-state index contributed by atoms with van der Waals surface area (Å²) >= 11 is 6.65. The summed E-state index contributed by atoms with van der Waals surface area (Å²) in [6.45, 7) is 3.31. The number of nitrogens with zero attached hydrogens (tertiary/aromatic N) is 2. The lowest BCUT2D eigenvalue weighted by Gasteiger charge is -2.33. The SMILES string of the molecule is COc1cc(/C=C/c2nccc(-c3ccccc3)c2C)c(Cl)cc1CN1CCCC[C@H]1C(=O)O. The second kappa shape index (κ2) is 10.9. The van der Waals surface area contributed by atoms with Gasteiger partial charge in [0.15, 0.2) is 0 Å². The van der Waals surface area contributed by atoms with E-state index in [0.717, 1.165) is 52.9 Å². The number of hydrogen-bond donors (Lipinski definition) is 1. The molecule has 0 saturated carbocycles. The van der Waals surface area contributed by atoms with Crippen molar-refractivity contribution in [2.24, 2.45) is 0 Å². The monoisotopic (exact) mass is 476 g/mol. The molecule has 1 aromatic heterocycles. The smallest absolute Gasteiger partial charge is 0.320 e. The van der Waals surface area contributed by atoms with Gasteiger partial charge in [0.05, 0.1) is 12.8 Å². The number of likely N-dealkylation sites (tertiary alicyclic amines) is 1. The molecule has 4 rings (SSSR count). The Morgan fingerprint density at radius 2 is 2.00 bits per heavy atom.